The van der Waals surface area contributed by atoms with Gasteiger partial charge in [0.2, 0.25) is 0 Å². The van der Waals surface area contributed by atoms with Gasteiger partial charge in [-0.3, -0.25) is 4.79 Å². The van der Waals surface area contributed by atoms with Gasteiger partial charge in [0.05, 0.1) is 0 Å². The average molecular weight is 298 g/mol. The lowest BCUT2D eigenvalue weighted by Crippen LogP contribution is -2.27. The lowest BCUT2D eigenvalue weighted by molar-refractivity contribution is 0.0992. The van der Waals surface area contributed by atoms with Gasteiger partial charge in [-0.05, 0) is 49.2 Å². The fraction of sp³-hybridized carbons (Fsp3) is 0.176. The van der Waals surface area contributed by atoms with E-state index in [9.17, 15) is 4.79 Å². The minimum absolute atomic E-state index is 0.0197. The molecule has 0 saturated carbocycles. The van der Waals surface area contributed by atoms with Gasteiger partial charge in [-0.25, -0.2) is 0 Å². The highest BCUT2D eigenvalue weighted by Gasteiger charge is 2.17. The Kier molecular flexibility index (Phi) is 4.38. The van der Waals surface area contributed by atoms with Gasteiger partial charge < -0.3 is 10.6 Å². The van der Waals surface area contributed by atoms with E-state index in [1.807, 2.05) is 56.3 Å². The van der Waals surface area contributed by atoms with Gasteiger partial charge in [-0.2, -0.15) is 0 Å². The zero-order valence-electron chi connectivity index (χ0n) is 12.4. The normalized spacial score (nSPS) is 10.2. The number of aryl methyl sites for hydroxylation is 2. The predicted molar refractivity (Wildman–Crippen MR) is 91.0 cm³/mol. The first-order chi connectivity index (χ1) is 9.91. The van der Waals surface area contributed by atoms with E-state index < -0.39 is 0 Å². The van der Waals surface area contributed by atoms with Gasteiger partial charge in [-0.1, -0.05) is 30.4 Å². The number of hydrogen-bond donors (Lipinski definition) is 1. The van der Waals surface area contributed by atoms with Crippen molar-refractivity contribution in [2.24, 2.45) is 5.73 Å². The summed E-state index contributed by atoms with van der Waals surface area (Å²) in [6.45, 7) is 3.90. The summed E-state index contributed by atoms with van der Waals surface area (Å²) in [7, 11) is 1.77. The van der Waals surface area contributed by atoms with Crippen molar-refractivity contribution in [2.45, 2.75) is 13.8 Å². The van der Waals surface area contributed by atoms with Crippen LogP contribution in [0.15, 0.2) is 42.5 Å². The Labute approximate surface area is 130 Å². The number of carbonyl (C=O) groups excluding carboxylic acids is 1. The Morgan fingerprint density at radius 3 is 2.05 bits per heavy atom. The summed E-state index contributed by atoms with van der Waals surface area (Å²) >= 11 is 4.93. The van der Waals surface area contributed by atoms with Crippen molar-refractivity contribution in [3.8, 4) is 0 Å². The van der Waals surface area contributed by atoms with Crippen LogP contribution in [0.2, 0.25) is 0 Å². The van der Waals surface area contributed by atoms with Crippen LogP contribution in [-0.4, -0.2) is 17.9 Å². The van der Waals surface area contributed by atoms with Crippen LogP contribution in [0.25, 0.3) is 0 Å². The highest BCUT2D eigenvalue weighted by molar-refractivity contribution is 7.80. The second-order valence-corrected chi connectivity index (χ2v) is 5.48. The van der Waals surface area contributed by atoms with E-state index in [1.54, 1.807) is 11.9 Å². The lowest BCUT2D eigenvalue weighted by atomic mass is 10.0. The first-order valence-electron chi connectivity index (χ1n) is 6.66. The predicted octanol–water partition coefficient (Wildman–Crippen LogP) is 3.21. The molecule has 2 aromatic rings. The maximum Gasteiger partial charge on any atom is 0.258 e. The third-order valence-electron chi connectivity index (χ3n) is 3.54. The average Bonchev–Trinajstić information content (AvgIpc) is 2.46. The van der Waals surface area contributed by atoms with Crippen LogP contribution in [-0.2, 0) is 0 Å². The zero-order valence-corrected chi connectivity index (χ0v) is 13.2. The van der Waals surface area contributed by atoms with Crippen LogP contribution in [0.4, 0.5) is 5.69 Å². The van der Waals surface area contributed by atoms with Gasteiger partial charge >= 0.3 is 0 Å². The molecule has 0 atom stereocenters. The molecule has 1 amide bonds. The topological polar surface area (TPSA) is 46.3 Å². The molecule has 0 radical (unpaired) electrons. The number of nitrogens with two attached hydrogens (primary N) is 1. The summed E-state index contributed by atoms with van der Waals surface area (Å²) in [6, 6.07) is 13.2. The van der Waals surface area contributed by atoms with Gasteiger partial charge in [0, 0.05) is 23.9 Å². The molecule has 21 heavy (non-hydrogen) atoms. The van der Waals surface area contributed by atoms with E-state index >= 15 is 0 Å². The van der Waals surface area contributed by atoms with Crippen LogP contribution in [0.1, 0.15) is 27.0 Å². The molecule has 2 aromatic carbocycles. The molecule has 2 rings (SSSR count). The molecule has 0 aliphatic heterocycles. The van der Waals surface area contributed by atoms with Gasteiger partial charge in [0.1, 0.15) is 4.99 Å². The Hall–Kier alpha value is -2.20. The maximum absolute atomic E-state index is 12.7. The van der Waals surface area contributed by atoms with Crippen molar-refractivity contribution in [3.05, 3.63) is 64.7 Å². The Balaban J connectivity index is 2.33. The number of rotatable bonds is 3. The third-order valence-corrected chi connectivity index (χ3v) is 3.77. The monoisotopic (exact) mass is 298 g/mol. The number of amides is 1. The Morgan fingerprint density at radius 2 is 1.57 bits per heavy atom. The molecule has 0 unspecified atom stereocenters. The molecule has 0 aromatic heterocycles. The maximum atomic E-state index is 12.7. The first kappa shape index (κ1) is 15.2. The van der Waals surface area contributed by atoms with Crippen LogP contribution >= 0.6 is 12.2 Å². The van der Waals surface area contributed by atoms with Gasteiger partial charge in [-0.15, -0.1) is 0 Å². The number of thiocarbonyl (C=S) groups is 1. The van der Waals surface area contributed by atoms with E-state index in [-0.39, 0.29) is 5.91 Å². The number of benzene rings is 2. The number of nitrogens with zero attached hydrogens (tertiary/aromatic N) is 1. The van der Waals surface area contributed by atoms with E-state index in [1.165, 1.54) is 0 Å². The molecule has 0 spiro atoms. The van der Waals surface area contributed by atoms with Gasteiger partial charge in [0.15, 0.2) is 0 Å². The second kappa shape index (κ2) is 6.06. The van der Waals surface area contributed by atoms with Crippen molar-refractivity contribution >= 4 is 28.8 Å². The standard InChI is InChI=1S/C17H18N2OS/c1-11-5-4-6-12(2)15(11)17(20)19(3)14-9-7-13(8-10-14)16(18)21/h4-10H,1-3H3,(H2,18,21). The fourth-order valence-corrected chi connectivity index (χ4v) is 2.42. The Morgan fingerprint density at radius 1 is 1.05 bits per heavy atom. The minimum atomic E-state index is -0.0197. The highest BCUT2D eigenvalue weighted by Crippen LogP contribution is 2.20. The summed E-state index contributed by atoms with van der Waals surface area (Å²) < 4.78 is 0. The summed E-state index contributed by atoms with van der Waals surface area (Å²) in [5.41, 5.74) is 9.89. The fourth-order valence-electron chi connectivity index (χ4n) is 2.29. The SMILES string of the molecule is Cc1cccc(C)c1C(=O)N(C)c1ccc(C(N)=S)cc1. The van der Waals surface area contributed by atoms with Crippen LogP contribution in [0.3, 0.4) is 0 Å². The lowest BCUT2D eigenvalue weighted by Gasteiger charge is -2.20. The van der Waals surface area contributed by atoms with Crippen LogP contribution in [0, 0.1) is 13.8 Å². The zero-order chi connectivity index (χ0) is 15.6. The van der Waals surface area contributed by atoms with E-state index in [4.69, 9.17) is 18.0 Å². The summed E-state index contributed by atoms with van der Waals surface area (Å²) in [5, 5.41) is 0. The van der Waals surface area contributed by atoms with Crippen LogP contribution < -0.4 is 10.6 Å². The molecule has 0 saturated heterocycles. The molecule has 0 aliphatic carbocycles. The van der Waals surface area contributed by atoms with E-state index in [2.05, 4.69) is 0 Å². The van der Waals surface area contributed by atoms with Crippen molar-refractivity contribution in [1.82, 2.24) is 0 Å². The van der Waals surface area contributed by atoms with Crippen LogP contribution in [0.5, 0.6) is 0 Å². The highest BCUT2D eigenvalue weighted by atomic mass is 32.1. The number of hydrogen-bond acceptors (Lipinski definition) is 2. The number of carbonyl (C=O) groups is 1. The molecule has 108 valence electrons. The third kappa shape index (κ3) is 3.11. The number of anilines is 1. The van der Waals surface area contributed by atoms with Crippen molar-refractivity contribution in [3.63, 3.8) is 0 Å². The molecule has 3 nitrogen and oxygen atoms in total. The molecular weight excluding hydrogens is 280 g/mol. The molecular formula is C17H18N2OS. The van der Waals surface area contributed by atoms with Crippen molar-refractivity contribution in [2.75, 3.05) is 11.9 Å². The first-order valence-corrected chi connectivity index (χ1v) is 7.06. The summed E-state index contributed by atoms with van der Waals surface area (Å²) in [4.78, 5) is 14.7. The largest absolute Gasteiger partial charge is 0.389 e. The molecule has 0 aliphatic rings. The Bertz CT molecular complexity index is 672. The van der Waals surface area contributed by atoms with Gasteiger partial charge in [0.25, 0.3) is 5.91 Å². The van der Waals surface area contributed by atoms with Crippen molar-refractivity contribution in [1.29, 1.82) is 0 Å². The molecule has 0 bridgehead atoms. The molecule has 0 heterocycles. The van der Waals surface area contributed by atoms with Crippen molar-refractivity contribution < 1.29 is 4.79 Å². The summed E-state index contributed by atoms with van der Waals surface area (Å²) in [5.74, 6) is -0.0197. The smallest absolute Gasteiger partial charge is 0.258 e. The quantitative estimate of drug-likeness (QED) is 0.885. The second-order valence-electron chi connectivity index (χ2n) is 5.04. The molecule has 4 heteroatoms. The van der Waals surface area contributed by atoms with E-state index in [0.29, 0.717) is 4.99 Å². The van der Waals surface area contributed by atoms with E-state index in [0.717, 1.165) is 27.9 Å². The summed E-state index contributed by atoms with van der Waals surface area (Å²) in [6.07, 6.45) is 0. The molecule has 0 fully saturated rings. The minimum Gasteiger partial charge on any atom is -0.389 e. The molecule has 2 N–H and O–H groups in total.